The summed E-state index contributed by atoms with van der Waals surface area (Å²) in [5.41, 5.74) is 1.72. The maximum absolute atomic E-state index is 12.9. The summed E-state index contributed by atoms with van der Waals surface area (Å²) < 4.78 is 0. The van der Waals surface area contributed by atoms with Crippen molar-refractivity contribution >= 4 is 17.3 Å². The lowest BCUT2D eigenvalue weighted by Gasteiger charge is -2.22. The number of carbonyl (C=O) groups is 1. The smallest absolute Gasteiger partial charge is 0.266 e. The summed E-state index contributed by atoms with van der Waals surface area (Å²) in [4.78, 5) is 28.9. The number of rotatable bonds is 6. The summed E-state index contributed by atoms with van der Waals surface area (Å²) in [6, 6.07) is 23.9. The molecule has 130 valence electrons. The highest BCUT2D eigenvalue weighted by Gasteiger charge is 2.20. The van der Waals surface area contributed by atoms with Crippen molar-refractivity contribution in [2.75, 3.05) is 5.06 Å². The fourth-order valence-corrected chi connectivity index (χ4v) is 2.37. The number of non-ortho nitro benzene ring substituents is 1. The molecule has 0 spiro atoms. The number of hydroxylamine groups is 1. The lowest BCUT2D eigenvalue weighted by atomic mass is 10.2. The Morgan fingerprint density at radius 2 is 1.46 bits per heavy atom. The van der Waals surface area contributed by atoms with Gasteiger partial charge in [-0.05, 0) is 29.8 Å². The first-order chi connectivity index (χ1) is 12.6. The van der Waals surface area contributed by atoms with E-state index in [9.17, 15) is 14.9 Å². The lowest BCUT2D eigenvalue weighted by molar-refractivity contribution is -0.384. The average Bonchev–Trinajstić information content (AvgIpc) is 2.69. The number of nitro groups is 1. The molecule has 3 rings (SSSR count). The van der Waals surface area contributed by atoms with Crippen LogP contribution in [-0.4, -0.2) is 10.8 Å². The van der Waals surface area contributed by atoms with Gasteiger partial charge in [-0.15, -0.1) is 0 Å². The van der Waals surface area contributed by atoms with E-state index in [0.717, 1.165) is 5.56 Å². The van der Waals surface area contributed by atoms with Gasteiger partial charge in [0.05, 0.1) is 10.6 Å². The zero-order chi connectivity index (χ0) is 18.4. The molecular weight excluding hydrogens is 332 g/mol. The highest BCUT2D eigenvalue weighted by atomic mass is 16.7. The first kappa shape index (κ1) is 17.3. The van der Waals surface area contributed by atoms with Crippen molar-refractivity contribution in [3.05, 3.63) is 106 Å². The van der Waals surface area contributed by atoms with Crippen LogP contribution in [0.4, 0.5) is 11.4 Å². The predicted octanol–water partition coefficient (Wildman–Crippen LogP) is 4.37. The summed E-state index contributed by atoms with van der Waals surface area (Å²) in [7, 11) is 0. The number of amides is 1. The third kappa shape index (κ3) is 4.12. The normalized spacial score (nSPS) is 10.3. The molecule has 3 aromatic rings. The topological polar surface area (TPSA) is 72.7 Å². The molecule has 0 aromatic heterocycles. The van der Waals surface area contributed by atoms with Gasteiger partial charge in [0.2, 0.25) is 0 Å². The molecule has 0 heterocycles. The van der Waals surface area contributed by atoms with Gasteiger partial charge in [-0.3, -0.25) is 19.7 Å². The second-order valence-corrected chi connectivity index (χ2v) is 5.50. The molecule has 6 heteroatoms. The molecule has 0 fully saturated rings. The Hall–Kier alpha value is -3.51. The first-order valence-electron chi connectivity index (χ1n) is 7.96. The van der Waals surface area contributed by atoms with Gasteiger partial charge in [0, 0.05) is 17.7 Å². The highest BCUT2D eigenvalue weighted by molar-refractivity contribution is 6.04. The average molecular weight is 348 g/mol. The van der Waals surface area contributed by atoms with Crippen LogP contribution in [0.25, 0.3) is 0 Å². The molecule has 1 amide bonds. The fourth-order valence-electron chi connectivity index (χ4n) is 2.37. The molecule has 26 heavy (non-hydrogen) atoms. The second-order valence-electron chi connectivity index (χ2n) is 5.50. The predicted molar refractivity (Wildman–Crippen MR) is 97.6 cm³/mol. The van der Waals surface area contributed by atoms with Crippen LogP contribution in [0.3, 0.4) is 0 Å². The number of anilines is 1. The molecule has 6 nitrogen and oxygen atoms in total. The minimum atomic E-state index is -0.505. The minimum absolute atomic E-state index is 0.0713. The molecule has 0 aliphatic heterocycles. The molecule has 0 bridgehead atoms. The van der Waals surface area contributed by atoms with Crippen LogP contribution in [0.2, 0.25) is 0 Å². The number of carbonyl (C=O) groups excluding carboxylic acids is 1. The molecule has 0 radical (unpaired) electrons. The van der Waals surface area contributed by atoms with Crippen molar-refractivity contribution in [3.63, 3.8) is 0 Å². The minimum Gasteiger partial charge on any atom is -0.266 e. The quantitative estimate of drug-likeness (QED) is 0.490. The molecule has 0 saturated carbocycles. The van der Waals surface area contributed by atoms with Gasteiger partial charge in [-0.25, -0.2) is 0 Å². The number of hydrogen-bond acceptors (Lipinski definition) is 4. The summed E-state index contributed by atoms with van der Waals surface area (Å²) in [6.45, 7) is 0.217. The number of nitro benzene ring substituents is 1. The highest BCUT2D eigenvalue weighted by Crippen LogP contribution is 2.20. The van der Waals surface area contributed by atoms with E-state index in [0.29, 0.717) is 11.3 Å². The van der Waals surface area contributed by atoms with Crippen LogP contribution >= 0.6 is 0 Å². The van der Waals surface area contributed by atoms with E-state index in [1.807, 2.05) is 36.4 Å². The summed E-state index contributed by atoms with van der Waals surface area (Å²) >= 11 is 0. The van der Waals surface area contributed by atoms with Gasteiger partial charge in [0.15, 0.2) is 0 Å². The maximum Gasteiger partial charge on any atom is 0.282 e. The van der Waals surface area contributed by atoms with Crippen LogP contribution in [0, 0.1) is 10.1 Å². The zero-order valence-corrected chi connectivity index (χ0v) is 13.8. The molecule has 0 saturated heterocycles. The van der Waals surface area contributed by atoms with Crippen molar-refractivity contribution in [2.24, 2.45) is 0 Å². The van der Waals surface area contributed by atoms with Gasteiger partial charge in [0.1, 0.15) is 6.61 Å². The van der Waals surface area contributed by atoms with Gasteiger partial charge in [-0.2, -0.15) is 5.06 Å². The number of benzene rings is 3. The molecule has 0 aliphatic carbocycles. The van der Waals surface area contributed by atoms with Crippen LogP contribution in [-0.2, 0) is 11.4 Å². The van der Waals surface area contributed by atoms with E-state index in [1.54, 1.807) is 24.3 Å². The van der Waals surface area contributed by atoms with Gasteiger partial charge in [-0.1, -0.05) is 48.5 Å². The Morgan fingerprint density at radius 3 is 2.04 bits per heavy atom. The molecule has 3 aromatic carbocycles. The van der Waals surface area contributed by atoms with Gasteiger partial charge < -0.3 is 0 Å². The maximum atomic E-state index is 12.9. The van der Waals surface area contributed by atoms with Crippen LogP contribution in [0.1, 0.15) is 15.9 Å². The van der Waals surface area contributed by atoms with E-state index in [4.69, 9.17) is 4.84 Å². The van der Waals surface area contributed by atoms with Crippen LogP contribution < -0.4 is 5.06 Å². The van der Waals surface area contributed by atoms with E-state index in [-0.39, 0.29) is 12.3 Å². The van der Waals surface area contributed by atoms with Crippen LogP contribution in [0.5, 0.6) is 0 Å². The van der Waals surface area contributed by atoms with Crippen molar-refractivity contribution in [3.8, 4) is 0 Å². The first-order valence-corrected chi connectivity index (χ1v) is 7.96. The van der Waals surface area contributed by atoms with E-state index in [2.05, 4.69) is 0 Å². The van der Waals surface area contributed by atoms with Gasteiger partial charge in [0.25, 0.3) is 11.6 Å². The SMILES string of the molecule is O=C(c1ccc([N+](=O)[O-])cc1)N(OCc1ccccc1)c1ccccc1. The molecule has 0 aliphatic rings. The Kier molecular flexibility index (Phi) is 5.36. The Bertz CT molecular complexity index is 881. The largest absolute Gasteiger partial charge is 0.282 e. The third-order valence-electron chi connectivity index (χ3n) is 3.70. The van der Waals surface area contributed by atoms with Crippen LogP contribution in [0.15, 0.2) is 84.9 Å². The number of nitrogens with zero attached hydrogens (tertiary/aromatic N) is 2. The summed E-state index contributed by atoms with van der Waals surface area (Å²) in [5, 5.41) is 12.0. The lowest BCUT2D eigenvalue weighted by Crippen LogP contribution is -2.31. The summed E-state index contributed by atoms with van der Waals surface area (Å²) in [6.07, 6.45) is 0. The standard InChI is InChI=1S/C20H16N2O4/c23-20(17-11-13-19(14-12-17)22(24)25)21(18-9-5-2-6-10-18)26-15-16-7-3-1-4-8-16/h1-14H,15H2. The second kappa shape index (κ2) is 8.04. The van der Waals surface area contributed by atoms with Crippen molar-refractivity contribution in [1.82, 2.24) is 0 Å². The van der Waals surface area contributed by atoms with E-state index >= 15 is 0 Å². The molecular formula is C20H16N2O4. The number of hydrogen-bond donors (Lipinski definition) is 0. The van der Waals surface area contributed by atoms with E-state index < -0.39 is 10.8 Å². The zero-order valence-electron chi connectivity index (χ0n) is 13.8. The van der Waals surface area contributed by atoms with Gasteiger partial charge >= 0.3 is 0 Å². The van der Waals surface area contributed by atoms with Crippen molar-refractivity contribution in [2.45, 2.75) is 6.61 Å². The number of para-hydroxylation sites is 1. The Balaban J connectivity index is 1.84. The van der Waals surface area contributed by atoms with E-state index in [1.165, 1.54) is 29.3 Å². The van der Waals surface area contributed by atoms with Crippen molar-refractivity contribution in [1.29, 1.82) is 0 Å². The fraction of sp³-hybridized carbons (Fsp3) is 0.0500. The van der Waals surface area contributed by atoms with Crippen molar-refractivity contribution < 1.29 is 14.6 Å². The Morgan fingerprint density at radius 1 is 0.885 bits per heavy atom. The molecule has 0 N–H and O–H groups in total. The summed E-state index contributed by atoms with van der Waals surface area (Å²) in [5.74, 6) is -0.401. The third-order valence-corrected chi connectivity index (χ3v) is 3.70. The molecule has 0 atom stereocenters. The molecule has 0 unspecified atom stereocenters. The monoisotopic (exact) mass is 348 g/mol. The Labute approximate surface area is 150 Å².